The fourth-order valence-electron chi connectivity index (χ4n) is 1.72. The van der Waals surface area contributed by atoms with Crippen molar-refractivity contribution in [3.05, 3.63) is 47.5 Å². The molecule has 0 amide bonds. The number of rotatable bonds is 4. The summed E-state index contributed by atoms with van der Waals surface area (Å²) in [5, 5.41) is 0. The number of hydrogen-bond acceptors (Lipinski definition) is 4. The first kappa shape index (κ1) is 13.7. The quantitative estimate of drug-likeness (QED) is 0.687. The zero-order valence-corrected chi connectivity index (χ0v) is 11.6. The van der Waals surface area contributed by atoms with Gasteiger partial charge in [0.15, 0.2) is 0 Å². The lowest BCUT2D eigenvalue weighted by Crippen LogP contribution is -1.93. The van der Waals surface area contributed by atoms with Gasteiger partial charge in [0.2, 0.25) is 0 Å². The van der Waals surface area contributed by atoms with Gasteiger partial charge in [0.05, 0.1) is 12.8 Å². The molecule has 0 radical (unpaired) electrons. The first-order chi connectivity index (χ1) is 9.06. The third kappa shape index (κ3) is 3.86. The zero-order chi connectivity index (χ0) is 13.8. The molecule has 0 aliphatic carbocycles. The van der Waals surface area contributed by atoms with Gasteiger partial charge in [-0.05, 0) is 25.1 Å². The first-order valence-electron chi connectivity index (χ1n) is 5.77. The number of pyridine rings is 1. The lowest BCUT2D eigenvalue weighted by Gasteiger charge is -2.06. The summed E-state index contributed by atoms with van der Waals surface area (Å²) < 4.78 is 18.4. The molecular formula is C14H15FN2OS. The van der Waals surface area contributed by atoms with Gasteiger partial charge in [-0.3, -0.25) is 4.98 Å². The van der Waals surface area contributed by atoms with Crippen LogP contribution in [0.2, 0.25) is 0 Å². The number of aromatic nitrogens is 1. The molecule has 5 heteroatoms. The number of benzene rings is 1. The second-order valence-corrected chi connectivity index (χ2v) is 5.20. The zero-order valence-electron chi connectivity index (χ0n) is 10.8. The fourth-order valence-corrected chi connectivity index (χ4v) is 2.60. The van der Waals surface area contributed by atoms with Gasteiger partial charge < -0.3 is 10.5 Å². The highest BCUT2D eigenvalue weighted by atomic mass is 32.2. The minimum absolute atomic E-state index is 0.322. The van der Waals surface area contributed by atoms with Gasteiger partial charge in [-0.1, -0.05) is 0 Å². The maximum atomic E-state index is 13.2. The van der Waals surface area contributed by atoms with Crippen LogP contribution in [0, 0.1) is 12.7 Å². The van der Waals surface area contributed by atoms with Crippen LogP contribution in [0.25, 0.3) is 0 Å². The van der Waals surface area contributed by atoms with Crippen LogP contribution in [0.15, 0.2) is 35.2 Å². The van der Waals surface area contributed by atoms with E-state index in [1.165, 1.54) is 23.9 Å². The summed E-state index contributed by atoms with van der Waals surface area (Å²) in [5.41, 5.74) is 7.83. The number of aryl methyl sites for hydroxylation is 1. The number of anilines is 1. The van der Waals surface area contributed by atoms with E-state index in [-0.39, 0.29) is 5.82 Å². The van der Waals surface area contributed by atoms with E-state index in [0.29, 0.717) is 11.4 Å². The molecule has 0 saturated carbocycles. The highest BCUT2D eigenvalue weighted by Crippen LogP contribution is 2.26. The van der Waals surface area contributed by atoms with Crippen molar-refractivity contribution in [3.8, 4) is 5.75 Å². The van der Waals surface area contributed by atoms with Gasteiger partial charge in [-0.2, -0.15) is 0 Å². The molecule has 1 aromatic carbocycles. The second-order valence-electron chi connectivity index (χ2n) is 4.15. The Hall–Kier alpha value is -1.75. The summed E-state index contributed by atoms with van der Waals surface area (Å²) in [6.07, 6.45) is 0. The molecule has 0 bridgehead atoms. The maximum absolute atomic E-state index is 13.2. The highest BCUT2D eigenvalue weighted by Gasteiger charge is 2.04. The average molecular weight is 278 g/mol. The molecule has 1 aromatic heterocycles. The van der Waals surface area contributed by atoms with Crippen molar-refractivity contribution in [2.24, 2.45) is 0 Å². The third-order valence-electron chi connectivity index (χ3n) is 2.50. The van der Waals surface area contributed by atoms with Gasteiger partial charge in [0.1, 0.15) is 11.6 Å². The molecule has 0 aliphatic heterocycles. The number of nitrogens with two attached hydrogens (primary N) is 1. The van der Waals surface area contributed by atoms with E-state index >= 15 is 0 Å². The van der Waals surface area contributed by atoms with E-state index in [9.17, 15) is 4.39 Å². The minimum Gasteiger partial charge on any atom is -0.497 e. The van der Waals surface area contributed by atoms with Gasteiger partial charge in [0, 0.05) is 34.2 Å². The lowest BCUT2D eigenvalue weighted by molar-refractivity contribution is 0.413. The van der Waals surface area contributed by atoms with Crippen molar-refractivity contribution in [3.63, 3.8) is 0 Å². The van der Waals surface area contributed by atoms with Crippen molar-refractivity contribution in [2.45, 2.75) is 17.6 Å². The summed E-state index contributed by atoms with van der Waals surface area (Å²) >= 11 is 1.49. The number of halogens is 1. The summed E-state index contributed by atoms with van der Waals surface area (Å²) in [6.45, 7) is 1.91. The van der Waals surface area contributed by atoms with Crippen molar-refractivity contribution in [1.29, 1.82) is 0 Å². The SMILES string of the molecule is COc1cc(C)nc(CSc2cc(N)cc(F)c2)c1. The Morgan fingerprint density at radius 2 is 2.05 bits per heavy atom. The van der Waals surface area contributed by atoms with Crippen molar-refractivity contribution in [1.82, 2.24) is 4.98 Å². The van der Waals surface area contributed by atoms with Crippen LogP contribution < -0.4 is 10.5 Å². The van der Waals surface area contributed by atoms with E-state index in [2.05, 4.69) is 4.98 Å². The van der Waals surface area contributed by atoms with E-state index in [1.54, 1.807) is 13.2 Å². The van der Waals surface area contributed by atoms with Crippen LogP contribution in [0.5, 0.6) is 5.75 Å². The van der Waals surface area contributed by atoms with E-state index < -0.39 is 0 Å². The van der Waals surface area contributed by atoms with Gasteiger partial charge in [0.25, 0.3) is 0 Å². The predicted molar refractivity (Wildman–Crippen MR) is 75.9 cm³/mol. The number of thioether (sulfide) groups is 1. The van der Waals surface area contributed by atoms with Crippen molar-refractivity contribution < 1.29 is 9.13 Å². The number of methoxy groups -OCH3 is 1. The van der Waals surface area contributed by atoms with Crippen LogP contribution in [-0.2, 0) is 5.75 Å². The Kier molecular flexibility index (Phi) is 4.27. The van der Waals surface area contributed by atoms with Crippen LogP contribution in [0.4, 0.5) is 10.1 Å². The molecule has 19 heavy (non-hydrogen) atoms. The van der Waals surface area contributed by atoms with Crippen LogP contribution in [0.3, 0.4) is 0 Å². The molecule has 0 aliphatic rings. The number of hydrogen-bond donors (Lipinski definition) is 1. The molecule has 3 nitrogen and oxygen atoms in total. The molecule has 100 valence electrons. The van der Waals surface area contributed by atoms with E-state index in [4.69, 9.17) is 10.5 Å². The molecule has 0 spiro atoms. The molecule has 2 N–H and O–H groups in total. The van der Waals surface area contributed by atoms with Crippen LogP contribution >= 0.6 is 11.8 Å². The summed E-state index contributed by atoms with van der Waals surface area (Å²) in [5.74, 6) is 1.10. The molecule has 0 unspecified atom stereocenters. The Morgan fingerprint density at radius 3 is 2.74 bits per heavy atom. The van der Waals surface area contributed by atoms with Gasteiger partial charge in [-0.15, -0.1) is 11.8 Å². The topological polar surface area (TPSA) is 48.1 Å². The Labute approximate surface area is 116 Å². The molecule has 0 atom stereocenters. The smallest absolute Gasteiger partial charge is 0.126 e. The summed E-state index contributed by atoms with van der Waals surface area (Å²) in [7, 11) is 1.62. The Balaban J connectivity index is 2.11. The maximum Gasteiger partial charge on any atom is 0.126 e. The Morgan fingerprint density at radius 1 is 1.26 bits per heavy atom. The Bertz CT molecular complexity index is 569. The fraction of sp³-hybridized carbons (Fsp3) is 0.214. The molecule has 0 saturated heterocycles. The summed E-state index contributed by atoms with van der Waals surface area (Å²) in [6, 6.07) is 8.27. The molecule has 2 aromatic rings. The molecule has 1 heterocycles. The van der Waals surface area contributed by atoms with E-state index in [0.717, 1.165) is 22.0 Å². The highest BCUT2D eigenvalue weighted by molar-refractivity contribution is 7.98. The number of ether oxygens (including phenoxy) is 1. The third-order valence-corrected chi connectivity index (χ3v) is 3.51. The first-order valence-corrected chi connectivity index (χ1v) is 6.76. The number of nitrogens with zero attached hydrogens (tertiary/aromatic N) is 1. The summed E-state index contributed by atoms with van der Waals surface area (Å²) in [4.78, 5) is 5.21. The van der Waals surface area contributed by atoms with Crippen molar-refractivity contribution >= 4 is 17.4 Å². The molecule has 0 fully saturated rings. The van der Waals surface area contributed by atoms with Gasteiger partial charge >= 0.3 is 0 Å². The average Bonchev–Trinajstić information content (AvgIpc) is 2.34. The molecular weight excluding hydrogens is 263 g/mol. The monoisotopic (exact) mass is 278 g/mol. The predicted octanol–water partition coefficient (Wildman–Crippen LogP) is 3.41. The lowest BCUT2D eigenvalue weighted by atomic mass is 10.3. The van der Waals surface area contributed by atoms with Crippen molar-refractivity contribution in [2.75, 3.05) is 12.8 Å². The van der Waals surface area contributed by atoms with Crippen LogP contribution in [-0.4, -0.2) is 12.1 Å². The van der Waals surface area contributed by atoms with E-state index in [1.807, 2.05) is 19.1 Å². The largest absolute Gasteiger partial charge is 0.497 e. The number of nitrogen functional groups attached to an aromatic ring is 1. The minimum atomic E-state index is -0.322. The van der Waals surface area contributed by atoms with Crippen LogP contribution in [0.1, 0.15) is 11.4 Å². The second kappa shape index (κ2) is 5.93. The van der Waals surface area contributed by atoms with Gasteiger partial charge in [-0.25, -0.2) is 4.39 Å². The standard InChI is InChI=1S/C14H15FN2OS/c1-9-3-13(18-2)7-12(17-9)8-19-14-5-10(15)4-11(16)6-14/h3-7H,8,16H2,1-2H3. The molecule has 2 rings (SSSR count). The normalized spacial score (nSPS) is 10.5.